The minimum Gasteiger partial charge on any atom is -0.468 e. The third-order valence-electron chi connectivity index (χ3n) is 5.17. The van der Waals surface area contributed by atoms with Gasteiger partial charge in [0.2, 0.25) is 11.8 Å². The normalized spacial score (nSPS) is 17.1. The predicted molar refractivity (Wildman–Crippen MR) is 129 cm³/mol. The van der Waals surface area contributed by atoms with E-state index in [0.29, 0.717) is 16.3 Å². The number of carbonyl (C=O) groups is 4. The fraction of sp³-hybridized carbons (Fsp3) is 0.208. The van der Waals surface area contributed by atoms with Gasteiger partial charge in [0.15, 0.2) is 0 Å². The molecule has 0 bridgehead atoms. The van der Waals surface area contributed by atoms with E-state index < -0.39 is 35.6 Å². The van der Waals surface area contributed by atoms with E-state index in [2.05, 4.69) is 16.7 Å². The second kappa shape index (κ2) is 11.6. The quantitative estimate of drug-likeness (QED) is 0.425. The molecule has 0 spiro atoms. The molecular formula is C24H20ClN3O6S. The van der Waals surface area contributed by atoms with Gasteiger partial charge in [0.1, 0.15) is 5.92 Å². The summed E-state index contributed by atoms with van der Waals surface area (Å²) in [6.45, 7) is 0. The van der Waals surface area contributed by atoms with Crippen LogP contribution in [0.2, 0.25) is 5.02 Å². The van der Waals surface area contributed by atoms with Gasteiger partial charge in [-0.25, -0.2) is 4.79 Å². The van der Waals surface area contributed by atoms with E-state index in [1.54, 1.807) is 24.3 Å². The summed E-state index contributed by atoms with van der Waals surface area (Å²) in [6.07, 6.45) is 0. The van der Waals surface area contributed by atoms with Crippen LogP contribution in [0.25, 0.3) is 0 Å². The summed E-state index contributed by atoms with van der Waals surface area (Å²) < 4.78 is 9.50. The van der Waals surface area contributed by atoms with Crippen molar-refractivity contribution in [1.82, 2.24) is 5.32 Å². The molecule has 1 aliphatic rings. The molecule has 2 aromatic carbocycles. The van der Waals surface area contributed by atoms with Gasteiger partial charge in [-0.2, -0.15) is 5.26 Å². The number of nitrogens with one attached hydrogen (secondary N) is 2. The fourth-order valence-corrected chi connectivity index (χ4v) is 4.54. The van der Waals surface area contributed by atoms with Crippen molar-refractivity contribution in [1.29, 1.82) is 5.26 Å². The number of anilines is 1. The molecule has 0 aromatic heterocycles. The third kappa shape index (κ3) is 5.82. The zero-order valence-electron chi connectivity index (χ0n) is 18.7. The van der Waals surface area contributed by atoms with Crippen molar-refractivity contribution >= 4 is 52.8 Å². The van der Waals surface area contributed by atoms with Crippen LogP contribution in [-0.4, -0.2) is 43.7 Å². The first-order valence-electron chi connectivity index (χ1n) is 10.2. The first-order valence-corrected chi connectivity index (χ1v) is 11.6. The number of rotatable bonds is 7. The number of ether oxygens (including phenoxy) is 2. The van der Waals surface area contributed by atoms with Crippen LogP contribution in [0.3, 0.4) is 0 Å². The molecule has 3 rings (SSSR count). The van der Waals surface area contributed by atoms with Crippen LogP contribution in [-0.2, 0) is 23.9 Å². The standard InChI is InChI=1S/C24H20ClN3O6S/c1-33-23(31)14-9-7-13(8-10-14)19-15(11-26)22(28-21(30)20(19)24(32)34-2)35-12-18(29)27-17-6-4-3-5-16(17)25/h3-10,19-20H,12H2,1-2H3,(H,27,29)(H,28,30)/t19-,20+/m1/s1. The first-order chi connectivity index (χ1) is 16.8. The highest BCUT2D eigenvalue weighted by Gasteiger charge is 2.44. The smallest absolute Gasteiger partial charge is 0.337 e. The van der Waals surface area contributed by atoms with Gasteiger partial charge in [0, 0.05) is 5.92 Å². The monoisotopic (exact) mass is 513 g/mol. The van der Waals surface area contributed by atoms with E-state index in [9.17, 15) is 24.4 Å². The summed E-state index contributed by atoms with van der Waals surface area (Å²) in [5.41, 5.74) is 1.22. The van der Waals surface area contributed by atoms with Gasteiger partial charge in [-0.05, 0) is 29.8 Å². The van der Waals surface area contributed by atoms with Crippen LogP contribution in [0.5, 0.6) is 0 Å². The molecule has 2 aromatic rings. The Morgan fingerprint density at radius 2 is 1.80 bits per heavy atom. The lowest BCUT2D eigenvalue weighted by Gasteiger charge is -2.31. The number of hydrogen-bond acceptors (Lipinski definition) is 8. The van der Waals surface area contributed by atoms with Crippen LogP contribution >= 0.6 is 23.4 Å². The SMILES string of the molecule is COC(=O)c1ccc([C@@H]2C(C#N)=C(SCC(=O)Nc3ccccc3Cl)NC(=O)[C@H]2C(=O)OC)cc1. The van der Waals surface area contributed by atoms with Crippen LogP contribution in [0.1, 0.15) is 21.8 Å². The van der Waals surface area contributed by atoms with Gasteiger partial charge in [-0.15, -0.1) is 0 Å². The molecule has 2 N–H and O–H groups in total. The Morgan fingerprint density at radius 3 is 2.40 bits per heavy atom. The summed E-state index contributed by atoms with van der Waals surface area (Å²) in [5.74, 6) is -4.91. The van der Waals surface area contributed by atoms with Crippen LogP contribution in [0.15, 0.2) is 59.1 Å². The maximum Gasteiger partial charge on any atom is 0.337 e. The number of allylic oxidation sites excluding steroid dienone is 1. The molecule has 2 amide bonds. The van der Waals surface area contributed by atoms with Crippen molar-refractivity contribution in [3.8, 4) is 6.07 Å². The average Bonchev–Trinajstić information content (AvgIpc) is 2.87. The number of para-hydroxylation sites is 1. The number of methoxy groups -OCH3 is 2. The van der Waals surface area contributed by atoms with Crippen molar-refractivity contribution in [2.45, 2.75) is 5.92 Å². The highest BCUT2D eigenvalue weighted by atomic mass is 35.5. The summed E-state index contributed by atoms with van der Waals surface area (Å²) >= 11 is 7.01. The largest absolute Gasteiger partial charge is 0.468 e. The number of thioether (sulfide) groups is 1. The zero-order chi connectivity index (χ0) is 25.5. The number of nitrogens with zero attached hydrogens (tertiary/aromatic N) is 1. The summed E-state index contributed by atoms with van der Waals surface area (Å²) in [5, 5.41) is 15.7. The zero-order valence-corrected chi connectivity index (χ0v) is 20.2. The fourth-order valence-electron chi connectivity index (χ4n) is 3.51. The van der Waals surface area contributed by atoms with E-state index >= 15 is 0 Å². The molecule has 0 unspecified atom stereocenters. The molecule has 9 nitrogen and oxygen atoms in total. The molecule has 11 heteroatoms. The van der Waals surface area contributed by atoms with Gasteiger partial charge in [0.05, 0.1) is 52.9 Å². The van der Waals surface area contributed by atoms with Gasteiger partial charge >= 0.3 is 11.9 Å². The van der Waals surface area contributed by atoms with Gasteiger partial charge in [-0.3, -0.25) is 14.4 Å². The van der Waals surface area contributed by atoms with Crippen LogP contribution < -0.4 is 10.6 Å². The van der Waals surface area contributed by atoms with E-state index in [-0.39, 0.29) is 21.9 Å². The second-order valence-corrected chi connectivity index (χ2v) is 8.65. The molecule has 180 valence electrons. The molecule has 0 saturated carbocycles. The number of halogens is 1. The maximum atomic E-state index is 12.9. The van der Waals surface area contributed by atoms with Crippen molar-refractivity contribution < 1.29 is 28.7 Å². The summed E-state index contributed by atoms with van der Waals surface area (Å²) in [7, 11) is 2.39. The molecule has 1 aliphatic heterocycles. The maximum absolute atomic E-state index is 12.9. The summed E-state index contributed by atoms with van der Waals surface area (Å²) in [6, 6.07) is 14.8. The minimum absolute atomic E-state index is 0.0846. The van der Waals surface area contributed by atoms with Gasteiger partial charge in [0.25, 0.3) is 0 Å². The van der Waals surface area contributed by atoms with E-state index in [0.717, 1.165) is 18.9 Å². The van der Waals surface area contributed by atoms with Crippen molar-refractivity contribution in [2.75, 3.05) is 25.3 Å². The molecule has 0 saturated heterocycles. The third-order valence-corrected chi connectivity index (χ3v) is 6.52. The van der Waals surface area contributed by atoms with E-state index in [1.165, 1.54) is 31.4 Å². The number of carbonyl (C=O) groups excluding carboxylic acids is 4. The Hall–Kier alpha value is -3.81. The Morgan fingerprint density at radius 1 is 1.11 bits per heavy atom. The first kappa shape index (κ1) is 25.8. The molecule has 2 atom stereocenters. The van der Waals surface area contributed by atoms with Crippen molar-refractivity contribution in [3.63, 3.8) is 0 Å². The molecule has 35 heavy (non-hydrogen) atoms. The number of amides is 2. The molecule has 0 aliphatic carbocycles. The van der Waals surface area contributed by atoms with Crippen LogP contribution in [0.4, 0.5) is 5.69 Å². The Bertz CT molecular complexity index is 1240. The van der Waals surface area contributed by atoms with E-state index in [4.69, 9.17) is 21.1 Å². The highest BCUT2D eigenvalue weighted by molar-refractivity contribution is 8.03. The lowest BCUT2D eigenvalue weighted by Crippen LogP contribution is -2.44. The lowest BCUT2D eigenvalue weighted by molar-refractivity contribution is -0.150. The summed E-state index contributed by atoms with van der Waals surface area (Å²) in [4.78, 5) is 49.6. The molecular weight excluding hydrogens is 494 g/mol. The Balaban J connectivity index is 1.92. The number of benzene rings is 2. The highest BCUT2D eigenvalue weighted by Crippen LogP contribution is 2.40. The molecule has 0 fully saturated rings. The second-order valence-electron chi connectivity index (χ2n) is 7.25. The van der Waals surface area contributed by atoms with Crippen LogP contribution in [0, 0.1) is 17.2 Å². The topological polar surface area (TPSA) is 135 Å². The lowest BCUT2D eigenvalue weighted by atomic mass is 9.78. The van der Waals surface area contributed by atoms with Gasteiger partial charge < -0.3 is 20.1 Å². The molecule has 1 heterocycles. The van der Waals surface area contributed by atoms with Crippen molar-refractivity contribution in [2.24, 2.45) is 5.92 Å². The predicted octanol–water partition coefficient (Wildman–Crippen LogP) is 3.24. The minimum atomic E-state index is -1.33. The number of nitriles is 1. The molecule has 0 radical (unpaired) electrons. The van der Waals surface area contributed by atoms with Crippen molar-refractivity contribution in [3.05, 3.63) is 75.3 Å². The Kier molecular flexibility index (Phi) is 8.52. The van der Waals surface area contributed by atoms with E-state index in [1.807, 2.05) is 0 Å². The number of hydrogen-bond donors (Lipinski definition) is 2. The van der Waals surface area contributed by atoms with Gasteiger partial charge in [-0.1, -0.05) is 47.6 Å². The Labute approximate surface area is 210 Å². The number of esters is 2. The average molecular weight is 514 g/mol.